The lowest BCUT2D eigenvalue weighted by atomic mass is 10.2. The number of carbonyl (C=O) groups is 1. The first kappa shape index (κ1) is 18.6. The second-order valence-electron chi connectivity index (χ2n) is 7.05. The summed E-state index contributed by atoms with van der Waals surface area (Å²) in [5.74, 6) is 0.764. The highest BCUT2D eigenvalue weighted by Gasteiger charge is 2.23. The summed E-state index contributed by atoms with van der Waals surface area (Å²) >= 11 is 0. The molecule has 0 spiro atoms. The molecule has 5 rings (SSSR count). The van der Waals surface area contributed by atoms with E-state index in [1.807, 2.05) is 67.6 Å². The Morgan fingerprint density at radius 2 is 1.71 bits per heavy atom. The van der Waals surface area contributed by atoms with Gasteiger partial charge in [0, 0.05) is 0 Å². The molecule has 5 aromatic rings. The first-order valence-corrected chi connectivity index (χ1v) is 9.71. The molecule has 3 aromatic carbocycles. The number of benzene rings is 3. The van der Waals surface area contributed by atoms with E-state index in [0.29, 0.717) is 34.1 Å². The summed E-state index contributed by atoms with van der Waals surface area (Å²) in [6.07, 6.45) is 0. The lowest BCUT2D eigenvalue weighted by Gasteiger charge is -2.10. The number of imidazole rings is 1. The summed E-state index contributed by atoms with van der Waals surface area (Å²) in [4.78, 5) is 19.2. The third kappa shape index (κ3) is 3.42. The van der Waals surface area contributed by atoms with Crippen LogP contribution in [0.15, 0.2) is 78.9 Å². The molecule has 0 aliphatic carbocycles. The van der Waals surface area contributed by atoms with E-state index in [4.69, 9.17) is 9.84 Å². The normalized spacial score (nSPS) is 11.0. The van der Waals surface area contributed by atoms with Gasteiger partial charge in [0.05, 0.1) is 28.0 Å². The van der Waals surface area contributed by atoms with Gasteiger partial charge in [0.1, 0.15) is 17.1 Å². The lowest BCUT2D eigenvalue weighted by molar-refractivity contribution is 0.0697. The van der Waals surface area contributed by atoms with Crippen molar-refractivity contribution in [1.29, 1.82) is 0 Å². The van der Waals surface area contributed by atoms with Gasteiger partial charge in [-0.05, 0) is 49.4 Å². The van der Waals surface area contributed by atoms with Crippen molar-refractivity contribution in [3.8, 4) is 28.7 Å². The zero-order valence-corrected chi connectivity index (χ0v) is 16.6. The minimum absolute atomic E-state index is 0.195. The molecule has 2 heterocycles. The molecule has 0 aliphatic rings. The highest BCUT2D eigenvalue weighted by molar-refractivity contribution is 5.93. The van der Waals surface area contributed by atoms with Gasteiger partial charge in [0.2, 0.25) is 5.88 Å². The summed E-state index contributed by atoms with van der Waals surface area (Å²) in [5, 5.41) is 14.0. The Morgan fingerprint density at radius 3 is 2.42 bits per heavy atom. The van der Waals surface area contributed by atoms with Crippen molar-refractivity contribution in [2.45, 2.75) is 6.92 Å². The number of aryl methyl sites for hydroxylation is 1. The Labute approximate surface area is 177 Å². The second kappa shape index (κ2) is 7.46. The van der Waals surface area contributed by atoms with Crippen LogP contribution in [0.25, 0.3) is 28.1 Å². The van der Waals surface area contributed by atoms with Crippen molar-refractivity contribution in [2.24, 2.45) is 0 Å². The zero-order valence-electron chi connectivity index (χ0n) is 16.6. The largest absolute Gasteiger partial charge is 0.478 e. The van der Waals surface area contributed by atoms with Crippen LogP contribution >= 0.6 is 0 Å². The molecule has 0 radical (unpaired) electrons. The summed E-state index contributed by atoms with van der Waals surface area (Å²) in [6.45, 7) is 1.89. The summed E-state index contributed by atoms with van der Waals surface area (Å²) in [7, 11) is 0. The first-order chi connectivity index (χ1) is 15.1. The SMILES string of the molecule is Cc1nn(-c2ccccc2)c(Oc2ccccc2)c1-c1nc2ccc(C(=O)O)cc2[nH]1. The number of rotatable bonds is 5. The summed E-state index contributed by atoms with van der Waals surface area (Å²) < 4.78 is 8.02. The van der Waals surface area contributed by atoms with E-state index in [0.717, 1.165) is 11.4 Å². The maximum absolute atomic E-state index is 11.3. The number of nitrogens with one attached hydrogen (secondary N) is 1. The van der Waals surface area contributed by atoms with E-state index < -0.39 is 5.97 Å². The lowest BCUT2D eigenvalue weighted by Crippen LogP contribution is -2.00. The summed E-state index contributed by atoms with van der Waals surface area (Å²) in [5.41, 5.74) is 3.78. The van der Waals surface area contributed by atoms with Gasteiger partial charge in [-0.3, -0.25) is 0 Å². The van der Waals surface area contributed by atoms with E-state index in [-0.39, 0.29) is 5.56 Å². The van der Waals surface area contributed by atoms with E-state index in [1.54, 1.807) is 16.8 Å². The molecule has 0 atom stereocenters. The second-order valence-corrected chi connectivity index (χ2v) is 7.05. The van der Waals surface area contributed by atoms with Crippen LogP contribution in [0.2, 0.25) is 0 Å². The van der Waals surface area contributed by atoms with Gasteiger partial charge in [-0.25, -0.2) is 9.78 Å². The molecule has 7 heteroatoms. The number of hydrogen-bond acceptors (Lipinski definition) is 4. The number of nitrogens with zero attached hydrogens (tertiary/aromatic N) is 3. The van der Waals surface area contributed by atoms with Crippen molar-refractivity contribution in [3.63, 3.8) is 0 Å². The van der Waals surface area contributed by atoms with Crippen LogP contribution in [0.5, 0.6) is 11.6 Å². The molecule has 0 amide bonds. The Hall–Kier alpha value is -4.39. The highest BCUT2D eigenvalue weighted by Crippen LogP contribution is 2.37. The average molecular weight is 410 g/mol. The molecule has 0 aliphatic heterocycles. The average Bonchev–Trinajstić information content (AvgIpc) is 3.34. The quantitative estimate of drug-likeness (QED) is 0.415. The van der Waals surface area contributed by atoms with Crippen LogP contribution in [0.3, 0.4) is 0 Å². The number of ether oxygens (including phenoxy) is 1. The number of fused-ring (bicyclic) bond motifs is 1. The Bertz CT molecular complexity index is 1390. The van der Waals surface area contributed by atoms with Gasteiger partial charge >= 0.3 is 5.97 Å². The van der Waals surface area contributed by atoms with Gasteiger partial charge < -0.3 is 14.8 Å². The van der Waals surface area contributed by atoms with E-state index in [9.17, 15) is 9.90 Å². The molecule has 2 aromatic heterocycles. The van der Waals surface area contributed by atoms with Crippen molar-refractivity contribution >= 4 is 17.0 Å². The fourth-order valence-electron chi connectivity index (χ4n) is 3.48. The third-order valence-corrected chi connectivity index (χ3v) is 4.94. The minimum atomic E-state index is -0.987. The van der Waals surface area contributed by atoms with E-state index in [1.165, 1.54) is 6.07 Å². The molecule has 2 N–H and O–H groups in total. The minimum Gasteiger partial charge on any atom is -0.478 e. The zero-order chi connectivity index (χ0) is 21.4. The molecular formula is C24H18N4O3. The predicted molar refractivity (Wildman–Crippen MR) is 117 cm³/mol. The molecule has 0 saturated heterocycles. The number of aromatic carboxylic acids is 1. The van der Waals surface area contributed by atoms with Crippen LogP contribution in [-0.4, -0.2) is 30.8 Å². The molecule has 152 valence electrons. The fraction of sp³-hybridized carbons (Fsp3) is 0.0417. The number of aromatic nitrogens is 4. The molecule has 0 unspecified atom stereocenters. The topological polar surface area (TPSA) is 93.0 Å². The monoisotopic (exact) mass is 410 g/mol. The van der Waals surface area contributed by atoms with E-state index >= 15 is 0 Å². The molecule has 0 bridgehead atoms. The maximum atomic E-state index is 11.3. The number of para-hydroxylation sites is 2. The van der Waals surface area contributed by atoms with Gasteiger partial charge in [0.15, 0.2) is 0 Å². The first-order valence-electron chi connectivity index (χ1n) is 9.71. The number of hydrogen-bond donors (Lipinski definition) is 2. The molecule has 31 heavy (non-hydrogen) atoms. The van der Waals surface area contributed by atoms with Crippen LogP contribution in [-0.2, 0) is 0 Å². The number of aromatic amines is 1. The van der Waals surface area contributed by atoms with Gasteiger partial charge in [0.25, 0.3) is 0 Å². The maximum Gasteiger partial charge on any atom is 0.335 e. The Kier molecular flexibility index (Phi) is 4.48. The fourth-order valence-corrected chi connectivity index (χ4v) is 3.48. The van der Waals surface area contributed by atoms with Crippen LogP contribution in [0.1, 0.15) is 16.1 Å². The number of carboxylic acid groups (broad SMARTS) is 1. The van der Waals surface area contributed by atoms with Crippen molar-refractivity contribution in [2.75, 3.05) is 0 Å². The van der Waals surface area contributed by atoms with Crippen LogP contribution < -0.4 is 4.74 Å². The van der Waals surface area contributed by atoms with E-state index in [2.05, 4.69) is 9.97 Å². The predicted octanol–water partition coefficient (Wildman–Crippen LogP) is 5.21. The standard InChI is InChI=1S/C24H18N4O3/c1-15-21(22-25-19-13-12-16(24(29)30)14-20(19)26-22)23(31-18-10-6-3-7-11-18)28(27-15)17-8-4-2-5-9-17/h2-14H,1H3,(H,25,26)(H,29,30). The molecule has 0 fully saturated rings. The third-order valence-electron chi connectivity index (χ3n) is 4.94. The van der Waals surface area contributed by atoms with Crippen molar-refractivity contribution in [1.82, 2.24) is 19.7 Å². The van der Waals surface area contributed by atoms with Gasteiger partial charge in [-0.15, -0.1) is 0 Å². The van der Waals surface area contributed by atoms with Gasteiger partial charge in [-0.2, -0.15) is 9.78 Å². The number of carboxylic acids is 1. The highest BCUT2D eigenvalue weighted by atomic mass is 16.5. The molecule has 7 nitrogen and oxygen atoms in total. The van der Waals surface area contributed by atoms with Crippen molar-refractivity contribution < 1.29 is 14.6 Å². The van der Waals surface area contributed by atoms with Crippen molar-refractivity contribution in [3.05, 3.63) is 90.1 Å². The molecule has 0 saturated carbocycles. The molecular weight excluding hydrogens is 392 g/mol. The smallest absolute Gasteiger partial charge is 0.335 e. The van der Waals surface area contributed by atoms with Gasteiger partial charge in [-0.1, -0.05) is 36.4 Å². The summed E-state index contributed by atoms with van der Waals surface area (Å²) in [6, 6.07) is 24.0. The Morgan fingerprint density at radius 1 is 1.00 bits per heavy atom. The Balaban J connectivity index is 1.70. The van der Waals surface area contributed by atoms with Crippen LogP contribution in [0, 0.1) is 6.92 Å². The number of H-pyrrole nitrogens is 1. The van der Waals surface area contributed by atoms with Crippen LogP contribution in [0.4, 0.5) is 0 Å².